The Bertz CT molecular complexity index is 1120. The molecule has 11 nitrogen and oxygen atoms in total. The summed E-state index contributed by atoms with van der Waals surface area (Å²) in [4.78, 5) is 23.4. The Hall–Kier alpha value is -3.21. The van der Waals surface area contributed by atoms with Crippen LogP contribution < -0.4 is 5.32 Å². The lowest BCUT2D eigenvalue weighted by Gasteiger charge is -2.46. The van der Waals surface area contributed by atoms with Gasteiger partial charge in [0.2, 0.25) is 5.91 Å². The van der Waals surface area contributed by atoms with E-state index in [1.165, 1.54) is 6.07 Å². The highest BCUT2D eigenvalue weighted by Crippen LogP contribution is 2.42. The van der Waals surface area contributed by atoms with Crippen LogP contribution in [0, 0.1) is 0 Å². The highest BCUT2D eigenvalue weighted by atomic mass is 19.4. The molecule has 1 aliphatic heterocycles. The predicted molar refractivity (Wildman–Crippen MR) is 107 cm³/mol. The first-order valence-electron chi connectivity index (χ1n) is 10.3. The third-order valence-corrected chi connectivity index (χ3v) is 5.59. The van der Waals surface area contributed by atoms with Gasteiger partial charge >= 0.3 is 18.0 Å². The zero-order chi connectivity index (χ0) is 27.0. The van der Waals surface area contributed by atoms with Crippen LogP contribution in [0.25, 0.3) is 11.3 Å². The van der Waals surface area contributed by atoms with Crippen LogP contribution >= 0.6 is 0 Å². The van der Waals surface area contributed by atoms with Crippen molar-refractivity contribution >= 4 is 11.9 Å². The molecule has 1 saturated heterocycles. The largest absolute Gasteiger partial charge is 0.477 e. The molecule has 0 radical (unpaired) electrons. The number of nitrogens with one attached hydrogen (secondary N) is 1. The summed E-state index contributed by atoms with van der Waals surface area (Å²) in [6.07, 6.45) is -13.6. The van der Waals surface area contributed by atoms with Crippen molar-refractivity contribution in [3.05, 3.63) is 36.0 Å². The number of amides is 1. The lowest BCUT2D eigenvalue weighted by Crippen LogP contribution is -2.69. The predicted octanol–water partition coefficient (Wildman–Crippen LogP) is 0.211. The van der Waals surface area contributed by atoms with E-state index in [2.05, 4.69) is 20.4 Å². The Morgan fingerprint density at radius 3 is 2.47 bits per heavy atom. The fraction of sp³-hybridized carbons (Fsp3) is 0.500. The molecule has 1 aromatic heterocycles. The summed E-state index contributed by atoms with van der Waals surface area (Å²) in [5, 5.41) is 47.9. The quantitative estimate of drug-likeness (QED) is 0.318. The number of nitrogens with zero attached hydrogens (tertiary/aromatic N) is 3. The number of carboxylic acids is 1. The number of halogens is 5. The Morgan fingerprint density at radius 2 is 1.92 bits per heavy atom. The number of alkyl halides is 5. The van der Waals surface area contributed by atoms with E-state index in [-0.39, 0.29) is 0 Å². The van der Waals surface area contributed by atoms with Gasteiger partial charge in [-0.15, -0.1) is 5.10 Å². The molecule has 3 rings (SSSR count). The van der Waals surface area contributed by atoms with Crippen molar-refractivity contribution in [3.8, 4) is 11.3 Å². The molecule has 0 spiro atoms. The first-order valence-corrected chi connectivity index (χ1v) is 10.3. The maximum absolute atomic E-state index is 15.4. The highest BCUT2D eigenvalue weighted by Gasteiger charge is 2.64. The number of aliphatic hydroxyl groups excluding tert-OH is 3. The summed E-state index contributed by atoms with van der Waals surface area (Å²) in [5.74, 6) is -7.52. The number of aromatic nitrogens is 3. The van der Waals surface area contributed by atoms with E-state index in [1.54, 1.807) is 0 Å². The average molecular weight is 524 g/mol. The minimum absolute atomic E-state index is 0.449. The smallest absolute Gasteiger partial charge is 0.417 e. The fourth-order valence-corrected chi connectivity index (χ4v) is 3.91. The molecule has 2 aromatic rings. The Morgan fingerprint density at radius 1 is 1.28 bits per heavy atom. The summed E-state index contributed by atoms with van der Waals surface area (Å²) < 4.78 is 76.2. The molecule has 2 unspecified atom stereocenters. The molecule has 1 amide bonds. The topological polar surface area (TPSA) is 167 Å². The SMILES string of the molecule is CC(=O)N[C@H]1[C@H]([C@H](O)[C@H](O)CO)OC(F)(C(=O)O)C(F)[C@@H]1n1cc(-c2ccccc2C(F)(F)F)nn1. The summed E-state index contributed by atoms with van der Waals surface area (Å²) in [7, 11) is 0. The van der Waals surface area contributed by atoms with Gasteiger partial charge in [0, 0.05) is 12.5 Å². The zero-order valence-corrected chi connectivity index (χ0v) is 18.3. The number of hydrogen-bond donors (Lipinski definition) is 5. The van der Waals surface area contributed by atoms with Crippen LogP contribution in [0.5, 0.6) is 0 Å². The van der Waals surface area contributed by atoms with Crippen molar-refractivity contribution in [2.24, 2.45) is 0 Å². The van der Waals surface area contributed by atoms with Gasteiger partial charge in [0.05, 0.1) is 24.4 Å². The van der Waals surface area contributed by atoms with Gasteiger partial charge in [-0.2, -0.15) is 17.6 Å². The van der Waals surface area contributed by atoms with Gasteiger partial charge in [0.15, 0.2) is 6.17 Å². The maximum atomic E-state index is 15.4. The third-order valence-electron chi connectivity index (χ3n) is 5.59. The van der Waals surface area contributed by atoms with Gasteiger partial charge < -0.3 is 30.5 Å². The average Bonchev–Trinajstić information content (AvgIpc) is 3.29. The molecule has 36 heavy (non-hydrogen) atoms. The first-order chi connectivity index (χ1) is 16.7. The molecule has 5 N–H and O–H groups in total. The van der Waals surface area contributed by atoms with Gasteiger partial charge in [-0.05, 0) is 6.07 Å². The molecular weight excluding hydrogens is 503 g/mol. The highest BCUT2D eigenvalue weighted by molar-refractivity contribution is 5.77. The van der Waals surface area contributed by atoms with Crippen LogP contribution in [-0.2, 0) is 20.5 Å². The van der Waals surface area contributed by atoms with Crippen LogP contribution in [0.4, 0.5) is 22.0 Å². The molecule has 2 heterocycles. The van der Waals surface area contributed by atoms with Gasteiger partial charge in [-0.3, -0.25) is 4.79 Å². The van der Waals surface area contributed by atoms with E-state index in [9.17, 15) is 38.1 Å². The normalized spacial score (nSPS) is 28.4. The number of carboxylic acid groups (broad SMARTS) is 1. The summed E-state index contributed by atoms with van der Waals surface area (Å²) in [6.45, 7) is -0.164. The number of aliphatic hydroxyl groups is 3. The number of aliphatic carboxylic acids is 1. The van der Waals surface area contributed by atoms with E-state index in [4.69, 9.17) is 5.11 Å². The maximum Gasteiger partial charge on any atom is 0.417 e. The van der Waals surface area contributed by atoms with Crippen LogP contribution in [0.1, 0.15) is 18.5 Å². The van der Waals surface area contributed by atoms with Crippen molar-refractivity contribution < 1.29 is 56.7 Å². The second-order valence-corrected chi connectivity index (χ2v) is 8.02. The second kappa shape index (κ2) is 10.0. The molecule has 0 bridgehead atoms. The van der Waals surface area contributed by atoms with Crippen LogP contribution in [-0.4, -0.2) is 90.3 Å². The fourth-order valence-electron chi connectivity index (χ4n) is 3.91. The summed E-state index contributed by atoms with van der Waals surface area (Å²) in [5.41, 5.74) is -2.05. The van der Waals surface area contributed by atoms with Gasteiger partial charge in [-0.1, -0.05) is 23.4 Å². The van der Waals surface area contributed by atoms with Crippen LogP contribution in [0.2, 0.25) is 0 Å². The standard InChI is InChI=1S/C20H21F5N4O7/c1-8(31)26-13-14(17(21)19(22,18(34)35)36-16(13)15(33)12(32)7-30)29-6-11(27-28-29)9-4-2-3-5-10(9)20(23,24)25/h2-6,12-17,30,32-33H,7H2,1H3,(H,26,31)(H,34,35)/t12-,13-,14-,15-,16-,17?,19?/m1/s1. The number of hydrogen-bond acceptors (Lipinski definition) is 8. The van der Waals surface area contributed by atoms with E-state index in [0.29, 0.717) is 4.68 Å². The van der Waals surface area contributed by atoms with Crippen molar-refractivity contribution in [3.63, 3.8) is 0 Å². The molecule has 0 saturated carbocycles. The molecule has 198 valence electrons. The van der Waals surface area contributed by atoms with Crippen LogP contribution in [0.15, 0.2) is 30.5 Å². The number of benzene rings is 1. The minimum Gasteiger partial charge on any atom is -0.477 e. The second-order valence-electron chi connectivity index (χ2n) is 8.02. The van der Waals surface area contributed by atoms with Gasteiger partial charge in [0.1, 0.15) is 30.0 Å². The van der Waals surface area contributed by atoms with E-state index < -0.39 is 83.9 Å². The summed E-state index contributed by atoms with van der Waals surface area (Å²) in [6, 6.07) is 0.192. The monoisotopic (exact) mass is 524 g/mol. The van der Waals surface area contributed by atoms with E-state index >= 15 is 8.78 Å². The molecule has 7 atom stereocenters. The van der Waals surface area contributed by atoms with Crippen molar-refractivity contribution in [1.82, 2.24) is 20.3 Å². The van der Waals surface area contributed by atoms with Crippen molar-refractivity contribution in [2.75, 3.05) is 6.61 Å². The van der Waals surface area contributed by atoms with Crippen molar-refractivity contribution in [2.45, 2.75) is 55.5 Å². The van der Waals surface area contributed by atoms with Crippen molar-refractivity contribution in [1.29, 1.82) is 0 Å². The van der Waals surface area contributed by atoms with Gasteiger partial charge in [0.25, 0.3) is 0 Å². The molecule has 1 fully saturated rings. The molecular formula is C20H21F5N4O7. The Labute approximate surface area is 199 Å². The number of carbonyl (C=O) groups is 2. The zero-order valence-electron chi connectivity index (χ0n) is 18.3. The lowest BCUT2D eigenvalue weighted by atomic mass is 9.86. The number of rotatable bonds is 7. The van der Waals surface area contributed by atoms with E-state index in [0.717, 1.165) is 31.3 Å². The Balaban J connectivity index is 2.16. The summed E-state index contributed by atoms with van der Waals surface area (Å²) >= 11 is 0. The lowest BCUT2D eigenvalue weighted by molar-refractivity contribution is -0.283. The molecule has 1 aliphatic rings. The first kappa shape index (κ1) is 27.4. The molecule has 0 aliphatic carbocycles. The minimum atomic E-state index is -4.81. The number of ether oxygens (including phenoxy) is 1. The molecule has 1 aromatic carbocycles. The number of carbonyl (C=O) groups excluding carboxylic acids is 1. The Kier molecular flexibility index (Phi) is 7.64. The van der Waals surface area contributed by atoms with Crippen LogP contribution in [0.3, 0.4) is 0 Å². The van der Waals surface area contributed by atoms with Gasteiger partial charge in [-0.25, -0.2) is 13.9 Å². The molecule has 16 heteroatoms. The third kappa shape index (κ3) is 5.02. The van der Waals surface area contributed by atoms with E-state index in [1.807, 2.05) is 0 Å².